The van der Waals surface area contributed by atoms with Crippen LogP contribution in [0.2, 0.25) is 0 Å². The van der Waals surface area contributed by atoms with E-state index >= 15 is 0 Å². The minimum absolute atomic E-state index is 0.0594. The fraction of sp³-hybridized carbons (Fsp3) is 0.188. The van der Waals surface area contributed by atoms with Gasteiger partial charge in [0.25, 0.3) is 11.1 Å². The lowest BCUT2D eigenvalue weighted by Gasteiger charge is -2.09. The van der Waals surface area contributed by atoms with Crippen LogP contribution in [0.1, 0.15) is 18.2 Å². The van der Waals surface area contributed by atoms with Gasteiger partial charge in [-0.1, -0.05) is 11.8 Å². The van der Waals surface area contributed by atoms with E-state index in [2.05, 4.69) is 15.1 Å². The second kappa shape index (κ2) is 6.44. The third-order valence-electron chi connectivity index (χ3n) is 3.87. The Hall–Kier alpha value is -2.90. The van der Waals surface area contributed by atoms with Gasteiger partial charge >= 0.3 is 0 Å². The highest BCUT2D eigenvalue weighted by Gasteiger charge is 2.13. The van der Waals surface area contributed by atoms with Gasteiger partial charge in [0, 0.05) is 24.6 Å². The smallest absolute Gasteiger partial charge is 0.272 e. The molecule has 0 atom stereocenters. The Kier molecular flexibility index (Phi) is 4.10. The van der Waals surface area contributed by atoms with Crippen molar-refractivity contribution in [2.24, 2.45) is 0 Å². The molecule has 0 saturated heterocycles. The van der Waals surface area contributed by atoms with Gasteiger partial charge in [-0.15, -0.1) is 11.3 Å². The molecule has 4 heterocycles. The van der Waals surface area contributed by atoms with E-state index in [9.17, 15) is 9.59 Å². The molecular formula is C16H12N6O2S2. The monoisotopic (exact) mass is 384 g/mol. The molecule has 8 nitrogen and oxygen atoms in total. The van der Waals surface area contributed by atoms with E-state index < -0.39 is 0 Å². The Bertz CT molecular complexity index is 1290. The summed E-state index contributed by atoms with van der Waals surface area (Å²) in [5.41, 5.74) is 1.45. The molecule has 0 aromatic carbocycles. The standard InChI is InChI=1S/C16H12N6O2S2/c1-2-21-15(24)13-11(3-4-25-13)20-16(21)26-8-10-5-12(23)22-14(19-10)9(6-17)7-18-22/h3-5,7,18H,2,8H2,1H3. The van der Waals surface area contributed by atoms with Crippen molar-refractivity contribution in [2.45, 2.75) is 24.4 Å². The molecule has 0 unspecified atom stereocenters. The van der Waals surface area contributed by atoms with Crippen LogP contribution in [0, 0.1) is 11.3 Å². The number of rotatable bonds is 4. The number of nitrogens with zero attached hydrogens (tertiary/aromatic N) is 5. The summed E-state index contributed by atoms with van der Waals surface area (Å²) in [7, 11) is 0. The maximum atomic E-state index is 12.5. The lowest BCUT2D eigenvalue weighted by atomic mass is 10.3. The normalized spacial score (nSPS) is 11.2. The fourth-order valence-corrected chi connectivity index (χ4v) is 4.37. The molecule has 0 aliphatic heterocycles. The Morgan fingerprint density at radius 3 is 3.00 bits per heavy atom. The predicted octanol–water partition coefficient (Wildman–Crippen LogP) is 1.98. The Morgan fingerprint density at radius 2 is 2.23 bits per heavy atom. The van der Waals surface area contributed by atoms with Crippen LogP contribution in [-0.4, -0.2) is 24.1 Å². The zero-order chi connectivity index (χ0) is 18.3. The van der Waals surface area contributed by atoms with Gasteiger partial charge in [-0.2, -0.15) is 5.26 Å². The molecule has 4 aromatic rings. The van der Waals surface area contributed by atoms with Crippen molar-refractivity contribution < 1.29 is 0 Å². The Labute approximate surface area is 154 Å². The molecule has 4 aromatic heterocycles. The van der Waals surface area contributed by atoms with Gasteiger partial charge in [0.1, 0.15) is 16.3 Å². The van der Waals surface area contributed by atoms with Crippen molar-refractivity contribution in [3.63, 3.8) is 0 Å². The molecule has 0 saturated carbocycles. The largest absolute Gasteiger partial charge is 0.295 e. The number of fused-ring (bicyclic) bond motifs is 2. The van der Waals surface area contributed by atoms with Crippen molar-refractivity contribution in [3.8, 4) is 6.07 Å². The number of hydrogen-bond donors (Lipinski definition) is 1. The molecule has 0 fully saturated rings. The van der Waals surface area contributed by atoms with Crippen LogP contribution in [0.3, 0.4) is 0 Å². The number of thioether (sulfide) groups is 1. The third kappa shape index (κ3) is 2.61. The summed E-state index contributed by atoms with van der Waals surface area (Å²) in [6.07, 6.45) is 1.45. The highest BCUT2D eigenvalue weighted by molar-refractivity contribution is 7.98. The number of hydrogen-bond acceptors (Lipinski definition) is 7. The van der Waals surface area contributed by atoms with Gasteiger partial charge in [-0.3, -0.25) is 19.3 Å². The zero-order valence-corrected chi connectivity index (χ0v) is 15.2. The second-order valence-corrected chi connectivity index (χ2v) is 7.27. The molecule has 10 heteroatoms. The van der Waals surface area contributed by atoms with Gasteiger partial charge < -0.3 is 0 Å². The van der Waals surface area contributed by atoms with Gasteiger partial charge in [0.05, 0.1) is 11.2 Å². The average Bonchev–Trinajstić information content (AvgIpc) is 3.26. The molecule has 130 valence electrons. The van der Waals surface area contributed by atoms with Crippen LogP contribution in [0.5, 0.6) is 0 Å². The van der Waals surface area contributed by atoms with E-state index in [1.807, 2.05) is 24.4 Å². The summed E-state index contributed by atoms with van der Waals surface area (Å²) in [6.45, 7) is 2.40. The van der Waals surface area contributed by atoms with E-state index in [1.54, 1.807) is 4.57 Å². The molecule has 0 amide bonds. The lowest BCUT2D eigenvalue weighted by Crippen LogP contribution is -2.21. The molecular weight excluding hydrogens is 372 g/mol. The lowest BCUT2D eigenvalue weighted by molar-refractivity contribution is 0.635. The summed E-state index contributed by atoms with van der Waals surface area (Å²) >= 11 is 2.72. The van der Waals surface area contributed by atoms with E-state index in [1.165, 1.54) is 39.9 Å². The second-order valence-electron chi connectivity index (χ2n) is 5.41. The average molecular weight is 384 g/mol. The molecule has 0 bridgehead atoms. The van der Waals surface area contributed by atoms with Crippen molar-refractivity contribution in [1.82, 2.24) is 24.1 Å². The number of nitriles is 1. The fourth-order valence-electron chi connectivity index (χ4n) is 2.64. The number of nitrogens with one attached hydrogen (secondary N) is 1. The first kappa shape index (κ1) is 16.6. The summed E-state index contributed by atoms with van der Waals surface area (Å²) in [5.74, 6) is 0.365. The maximum Gasteiger partial charge on any atom is 0.272 e. The van der Waals surface area contributed by atoms with Crippen LogP contribution >= 0.6 is 23.1 Å². The Morgan fingerprint density at radius 1 is 1.38 bits per heavy atom. The SMILES string of the molecule is CCn1c(SCc2cc(=O)n3[nH]cc(C#N)c3n2)nc2ccsc2c1=O. The molecule has 4 rings (SSSR count). The van der Waals surface area contributed by atoms with Crippen molar-refractivity contribution in [3.05, 3.63) is 55.7 Å². The maximum absolute atomic E-state index is 12.5. The van der Waals surface area contributed by atoms with E-state index in [4.69, 9.17) is 5.26 Å². The molecule has 0 aliphatic rings. The molecule has 1 N–H and O–H groups in total. The Balaban J connectivity index is 1.73. The van der Waals surface area contributed by atoms with Crippen LogP contribution in [0.4, 0.5) is 0 Å². The number of thiophene rings is 1. The van der Waals surface area contributed by atoms with Gasteiger partial charge in [0.2, 0.25) is 0 Å². The molecule has 26 heavy (non-hydrogen) atoms. The summed E-state index contributed by atoms with van der Waals surface area (Å²) in [5, 5.41) is 14.3. The van der Waals surface area contributed by atoms with Crippen molar-refractivity contribution in [2.75, 3.05) is 0 Å². The van der Waals surface area contributed by atoms with Crippen LogP contribution < -0.4 is 11.1 Å². The summed E-state index contributed by atoms with van der Waals surface area (Å²) in [6, 6.07) is 5.24. The van der Waals surface area contributed by atoms with E-state index in [0.717, 1.165) is 0 Å². The van der Waals surface area contributed by atoms with E-state index in [-0.39, 0.29) is 11.1 Å². The van der Waals surface area contributed by atoms with Gasteiger partial charge in [-0.25, -0.2) is 14.5 Å². The first-order chi connectivity index (χ1) is 12.6. The molecule has 0 radical (unpaired) electrons. The van der Waals surface area contributed by atoms with Crippen LogP contribution in [-0.2, 0) is 12.3 Å². The van der Waals surface area contributed by atoms with Gasteiger partial charge in [0.15, 0.2) is 10.8 Å². The summed E-state index contributed by atoms with van der Waals surface area (Å²) in [4.78, 5) is 33.6. The van der Waals surface area contributed by atoms with Crippen molar-refractivity contribution >= 4 is 39.0 Å². The zero-order valence-electron chi connectivity index (χ0n) is 13.6. The van der Waals surface area contributed by atoms with Crippen LogP contribution in [0.25, 0.3) is 15.9 Å². The minimum atomic E-state index is -0.291. The number of aromatic amines is 1. The first-order valence-corrected chi connectivity index (χ1v) is 9.60. The van der Waals surface area contributed by atoms with Crippen LogP contribution in [0.15, 0.2) is 38.5 Å². The molecule has 0 aliphatic carbocycles. The summed E-state index contributed by atoms with van der Waals surface area (Å²) < 4.78 is 3.48. The first-order valence-electron chi connectivity index (χ1n) is 7.73. The highest BCUT2D eigenvalue weighted by Crippen LogP contribution is 2.23. The minimum Gasteiger partial charge on any atom is -0.295 e. The van der Waals surface area contributed by atoms with Crippen molar-refractivity contribution in [1.29, 1.82) is 5.26 Å². The number of H-pyrrole nitrogens is 1. The van der Waals surface area contributed by atoms with E-state index in [0.29, 0.717) is 44.6 Å². The third-order valence-corrected chi connectivity index (χ3v) is 5.77. The van der Waals surface area contributed by atoms with Gasteiger partial charge in [-0.05, 0) is 18.4 Å². The predicted molar refractivity (Wildman–Crippen MR) is 99.6 cm³/mol. The molecule has 0 spiro atoms. The quantitative estimate of drug-likeness (QED) is 0.426. The topological polar surface area (TPSA) is 109 Å². The number of aromatic nitrogens is 5. The highest BCUT2D eigenvalue weighted by atomic mass is 32.2.